The zero-order valence-electron chi connectivity index (χ0n) is 43.4. The summed E-state index contributed by atoms with van der Waals surface area (Å²) < 4.78 is 0. The van der Waals surface area contributed by atoms with Gasteiger partial charge in [-0.2, -0.15) is 0 Å². The number of rotatable bonds is 10. The number of aliphatic imine (C=N–C) groups is 2. The van der Waals surface area contributed by atoms with E-state index < -0.39 is 0 Å². The van der Waals surface area contributed by atoms with Gasteiger partial charge in [-0.25, -0.2) is 0 Å². The molecule has 12 nitrogen and oxygen atoms in total. The van der Waals surface area contributed by atoms with E-state index in [1.54, 1.807) is 12.4 Å². The Morgan fingerprint density at radius 1 is 0.429 bits per heavy atom. The van der Waals surface area contributed by atoms with Crippen molar-refractivity contribution in [3.8, 4) is 23.0 Å². The topological polar surface area (TPSA) is 255 Å². The van der Waals surface area contributed by atoms with Crippen LogP contribution in [0.5, 0.6) is 23.0 Å². The molecule has 0 spiro atoms. The van der Waals surface area contributed by atoms with E-state index in [4.69, 9.17) is 9.98 Å². The quantitative estimate of drug-likeness (QED) is 0.115. The van der Waals surface area contributed by atoms with Gasteiger partial charge in [0.2, 0.25) is 0 Å². The van der Waals surface area contributed by atoms with Gasteiger partial charge in [0.15, 0.2) is 0 Å². The molecule has 0 heterocycles. The van der Waals surface area contributed by atoms with Crippen molar-refractivity contribution in [2.24, 2.45) is 9.98 Å². The molecule has 2 fully saturated rings. The molecule has 0 saturated heterocycles. The minimum atomic E-state index is -0.187. The van der Waals surface area contributed by atoms with Crippen LogP contribution in [0.2, 0.25) is 0 Å². The summed E-state index contributed by atoms with van der Waals surface area (Å²) in [6.45, 7) is 25.9. The van der Waals surface area contributed by atoms with Crippen LogP contribution < -0.4 is 31.1 Å². The summed E-state index contributed by atoms with van der Waals surface area (Å²) in [7, 11) is 0. The first kappa shape index (κ1) is 68.6. The maximum atomic E-state index is 12.9. The number of nitrogens with one attached hydrogen (secondary N) is 2. The molecule has 0 amide bonds. The second kappa shape index (κ2) is 29.3. The van der Waals surface area contributed by atoms with Crippen LogP contribution in [-0.2, 0) is 98.8 Å². The van der Waals surface area contributed by atoms with Crippen LogP contribution in [0.15, 0.2) is 82.8 Å². The fraction of sp³-hybridized carbons (Fsp3) is 0.536. The monoisotopic (exact) mass is 1130 g/mol. The molecule has 2 N–H and O–H groups in total. The number of benzene rings is 4. The van der Waals surface area contributed by atoms with E-state index in [1.807, 2.05) is 72.8 Å². The summed E-state index contributed by atoms with van der Waals surface area (Å²) in [6, 6.07) is 23.7. The predicted octanol–water partition coefficient (Wildman–Crippen LogP) is 9.42. The van der Waals surface area contributed by atoms with Gasteiger partial charge >= 0.3 is 0 Å². The zero-order chi connectivity index (χ0) is 47.0. The average molecular weight is 1130 g/mol. The van der Waals surface area contributed by atoms with E-state index in [0.29, 0.717) is 24.2 Å². The molecule has 0 unspecified atom stereocenters. The average Bonchev–Trinajstić information content (AvgIpc) is 3.21. The molecule has 0 aromatic heterocycles. The summed E-state index contributed by atoms with van der Waals surface area (Å²) in [6.07, 6.45) is 12.2. The Hall–Kier alpha value is -3.44. The molecule has 2 aliphatic carbocycles. The second-order valence-corrected chi connectivity index (χ2v) is 22.3. The third-order valence-corrected chi connectivity index (χ3v) is 12.9. The molecule has 4 atom stereocenters. The summed E-state index contributed by atoms with van der Waals surface area (Å²) in [5, 5.41) is 58.8. The number of hydrogen-bond acceptors (Lipinski definition) is 8. The summed E-state index contributed by atoms with van der Waals surface area (Å²) >= 11 is 0. The number of para-hydroxylation sites is 4. The molecule has 0 aliphatic heterocycles. The van der Waals surface area contributed by atoms with Crippen molar-refractivity contribution in [2.45, 2.75) is 193 Å². The van der Waals surface area contributed by atoms with Crippen molar-refractivity contribution in [3.63, 3.8) is 0 Å². The van der Waals surface area contributed by atoms with E-state index in [0.717, 1.165) is 84.7 Å². The van der Waals surface area contributed by atoms with E-state index in [9.17, 15) is 20.4 Å². The van der Waals surface area contributed by atoms with Gasteiger partial charge in [-0.3, -0.25) is 9.98 Å². The van der Waals surface area contributed by atoms with Crippen LogP contribution in [0.25, 0.3) is 0 Å². The molecule has 70 heavy (non-hydrogen) atoms. The predicted molar refractivity (Wildman–Crippen MR) is 262 cm³/mol. The van der Waals surface area contributed by atoms with Crippen LogP contribution in [0.4, 0.5) is 0 Å². The third-order valence-electron chi connectivity index (χ3n) is 12.9. The number of hydrogen-bond donors (Lipinski definition) is 2. The van der Waals surface area contributed by atoms with Gasteiger partial charge in [-0.15, -0.1) is 11.5 Å². The van der Waals surface area contributed by atoms with Crippen molar-refractivity contribution >= 4 is 12.4 Å². The maximum absolute atomic E-state index is 12.9. The van der Waals surface area contributed by atoms with Crippen LogP contribution in [0.1, 0.15) is 179 Å². The van der Waals surface area contributed by atoms with E-state index in [-0.39, 0.29) is 133 Å². The Bertz CT molecular complexity index is 2090. The summed E-state index contributed by atoms with van der Waals surface area (Å²) in [5.74, 6) is 0.412. The molecule has 14 heteroatoms. The van der Waals surface area contributed by atoms with Crippen LogP contribution in [0.3, 0.4) is 0 Å². The van der Waals surface area contributed by atoms with Crippen LogP contribution in [-0.4, -0.2) is 36.6 Å². The summed E-state index contributed by atoms with van der Waals surface area (Å²) in [4.78, 5) is 9.69. The number of nitrogens with zero attached hydrogens (tertiary/aromatic N) is 2. The largest absolute Gasteiger partial charge is 2.00 e. The Morgan fingerprint density at radius 3 is 1.00 bits per heavy atom. The van der Waals surface area contributed by atoms with Crippen molar-refractivity contribution in [2.75, 3.05) is 0 Å². The SMILES string of the molecule is CC(C)(C)c1cccc(C=N[C@@H]2CCCC[C@H]2NCc2cccc(C(C)(C)C)c2[O-])c1[O-].CC(C)(C)c1cccc(C=N[C@@H]2CCCC[C@H]2NCc2cccc(C(C)(C)C)c2[O-])c1[O-].[Mo].[Mo].[O-2].[O-2].[O-2].[O-2]. The fourth-order valence-corrected chi connectivity index (χ4v) is 9.01. The fourth-order valence-electron chi connectivity index (χ4n) is 9.01. The van der Waals surface area contributed by atoms with Gasteiger partial charge in [0, 0.05) is 79.7 Å². The Kier molecular flexibility index (Phi) is 28.7. The van der Waals surface area contributed by atoms with Crippen molar-refractivity contribution in [1.82, 2.24) is 10.6 Å². The van der Waals surface area contributed by atoms with Gasteiger partial charge in [-0.05, 0) is 80.7 Å². The first-order chi connectivity index (χ1) is 30.0. The molecule has 0 radical (unpaired) electrons. The van der Waals surface area contributed by atoms with Crippen LogP contribution >= 0.6 is 0 Å². The molecule has 4 aromatic rings. The van der Waals surface area contributed by atoms with Gasteiger partial charge in [-0.1, -0.05) is 204 Å². The minimum absolute atomic E-state index is 0. The molecule has 2 saturated carbocycles. The first-order valence-electron chi connectivity index (χ1n) is 23.7. The van der Waals surface area contributed by atoms with E-state index in [1.165, 1.54) is 0 Å². The molecule has 6 rings (SSSR count). The third kappa shape index (κ3) is 18.6. The molecule has 4 aromatic carbocycles. The second-order valence-electron chi connectivity index (χ2n) is 22.3. The van der Waals surface area contributed by atoms with Gasteiger partial charge in [0.1, 0.15) is 0 Å². The maximum Gasteiger partial charge on any atom is 0.0652 e. The van der Waals surface area contributed by atoms with E-state index in [2.05, 4.69) is 93.7 Å². The minimum Gasteiger partial charge on any atom is -2.00 e. The zero-order valence-corrected chi connectivity index (χ0v) is 47.5. The Labute approximate surface area is 448 Å². The van der Waals surface area contributed by atoms with Gasteiger partial charge < -0.3 is 53.0 Å². The van der Waals surface area contributed by atoms with Crippen molar-refractivity contribution < 1.29 is 84.5 Å². The first-order valence-corrected chi connectivity index (χ1v) is 23.7. The standard InChI is InChI=1S/2C28H40N2O2.2Mo.4O/c2*1-27(2,3)21-13-9-11-19(25(21)31)17-29-23-15-7-8-16-24(23)30-18-20-12-10-14-22(26(20)32)28(4,5)6;;;;;;/h2*9-14,17,23-24,30-32H,7-8,15-16,18H2,1-6H3;;;;;;/q;;;;4*-2/p-4/t2*23-,24-;;;;;;/m11....../s1. The van der Waals surface area contributed by atoms with E-state index >= 15 is 0 Å². The van der Waals surface area contributed by atoms with Crippen LogP contribution in [0, 0.1) is 0 Å². The molecular formula is C56H76Mo2N4O8-12. The van der Waals surface area contributed by atoms with Gasteiger partial charge in [0.05, 0.1) is 12.1 Å². The van der Waals surface area contributed by atoms with Gasteiger partial charge in [0.25, 0.3) is 0 Å². The Balaban J connectivity index is 0. The summed E-state index contributed by atoms with van der Waals surface area (Å²) in [5.41, 5.74) is 5.58. The molecular weight excluding hydrogens is 1050 g/mol. The molecule has 0 bridgehead atoms. The molecule has 2 aliphatic rings. The Morgan fingerprint density at radius 2 is 0.700 bits per heavy atom. The molecule has 392 valence electrons. The smallest absolute Gasteiger partial charge is 0.0652 e. The van der Waals surface area contributed by atoms with Crippen molar-refractivity contribution in [3.05, 3.63) is 117 Å². The van der Waals surface area contributed by atoms with Crippen molar-refractivity contribution in [1.29, 1.82) is 0 Å². The normalized spacial score (nSPS) is 18.3.